The van der Waals surface area contributed by atoms with E-state index in [9.17, 15) is 0 Å². The molecule has 21 heavy (non-hydrogen) atoms. The third-order valence-corrected chi connectivity index (χ3v) is 3.26. The second kappa shape index (κ2) is 5.87. The number of aryl methyl sites for hydroxylation is 2. The van der Waals surface area contributed by atoms with Crippen LogP contribution in [0.2, 0.25) is 0 Å². The molecule has 0 saturated heterocycles. The smallest absolute Gasteiger partial charge is 0.159 e. The van der Waals surface area contributed by atoms with Crippen LogP contribution in [0.25, 0.3) is 11.5 Å². The average Bonchev–Trinajstić information content (AvgIpc) is 3.17. The zero-order chi connectivity index (χ0) is 14.7. The number of rotatable bonds is 5. The minimum Gasteiger partial charge on any atom is -0.359 e. The molecule has 6 heteroatoms. The zero-order valence-corrected chi connectivity index (χ0v) is 12.2. The number of hydrogen-bond donors (Lipinski definition) is 0. The second-order valence-corrected chi connectivity index (χ2v) is 4.73. The molecule has 108 valence electrons. The van der Waals surface area contributed by atoms with Crippen molar-refractivity contribution in [1.29, 1.82) is 0 Å². The monoisotopic (exact) mass is 283 g/mol. The summed E-state index contributed by atoms with van der Waals surface area (Å²) in [4.78, 5) is 13.1. The maximum atomic E-state index is 5.33. The van der Waals surface area contributed by atoms with Crippen LogP contribution in [0.5, 0.6) is 0 Å². The Bertz CT molecular complexity index is 731. The molecule has 0 aliphatic rings. The average molecular weight is 283 g/mol. The summed E-state index contributed by atoms with van der Waals surface area (Å²) in [5.74, 6) is 2.44. The van der Waals surface area contributed by atoms with Gasteiger partial charge in [0.2, 0.25) is 0 Å². The molecular formula is C15H17N5O. The SMILES string of the molecule is CCc1cc(Cn2ccnc2-c2ccnc(CC)n2)on1. The maximum absolute atomic E-state index is 5.33. The Kier molecular flexibility index (Phi) is 3.77. The standard InChI is InChI=1S/C15H17N5O/c1-3-11-9-12(21-19-11)10-20-8-7-17-15(20)13-5-6-16-14(4-2)18-13/h5-9H,3-4,10H2,1-2H3. The third-order valence-electron chi connectivity index (χ3n) is 3.26. The van der Waals surface area contributed by atoms with Crippen LogP contribution in [0, 0.1) is 0 Å². The summed E-state index contributed by atoms with van der Waals surface area (Å²) in [7, 11) is 0. The van der Waals surface area contributed by atoms with Crippen LogP contribution >= 0.6 is 0 Å². The highest BCUT2D eigenvalue weighted by Crippen LogP contribution is 2.17. The van der Waals surface area contributed by atoms with Gasteiger partial charge in [-0.3, -0.25) is 0 Å². The van der Waals surface area contributed by atoms with E-state index in [1.165, 1.54) is 0 Å². The molecular weight excluding hydrogens is 266 g/mol. The van der Waals surface area contributed by atoms with Crippen molar-refractivity contribution >= 4 is 0 Å². The quantitative estimate of drug-likeness (QED) is 0.719. The Morgan fingerprint density at radius 3 is 2.81 bits per heavy atom. The maximum Gasteiger partial charge on any atom is 0.159 e. The van der Waals surface area contributed by atoms with Gasteiger partial charge in [0.1, 0.15) is 11.5 Å². The van der Waals surface area contributed by atoms with E-state index in [-0.39, 0.29) is 0 Å². The lowest BCUT2D eigenvalue weighted by molar-refractivity contribution is 0.371. The van der Waals surface area contributed by atoms with E-state index in [4.69, 9.17) is 4.52 Å². The first kappa shape index (κ1) is 13.5. The van der Waals surface area contributed by atoms with E-state index in [1.54, 1.807) is 12.4 Å². The summed E-state index contributed by atoms with van der Waals surface area (Å²) in [6, 6.07) is 3.84. The van der Waals surface area contributed by atoms with E-state index in [1.807, 2.05) is 29.8 Å². The molecule has 6 nitrogen and oxygen atoms in total. The summed E-state index contributed by atoms with van der Waals surface area (Å²) in [5, 5.41) is 4.01. The van der Waals surface area contributed by atoms with Crippen LogP contribution in [0.15, 0.2) is 35.2 Å². The number of hydrogen-bond acceptors (Lipinski definition) is 5. The molecule has 0 bridgehead atoms. The molecule has 0 saturated carbocycles. The van der Waals surface area contributed by atoms with Gasteiger partial charge in [-0.15, -0.1) is 0 Å². The van der Waals surface area contributed by atoms with Crippen LogP contribution in [-0.4, -0.2) is 24.7 Å². The van der Waals surface area contributed by atoms with Gasteiger partial charge in [-0.2, -0.15) is 0 Å². The predicted octanol–water partition coefficient (Wildman–Crippen LogP) is 2.50. The molecule has 0 aromatic carbocycles. The molecule has 3 aromatic heterocycles. The van der Waals surface area contributed by atoms with Crippen molar-refractivity contribution in [3.63, 3.8) is 0 Å². The fourth-order valence-electron chi connectivity index (χ4n) is 2.13. The normalized spacial score (nSPS) is 11.0. The van der Waals surface area contributed by atoms with Crippen molar-refractivity contribution in [2.45, 2.75) is 33.2 Å². The summed E-state index contributed by atoms with van der Waals surface area (Å²) < 4.78 is 7.33. The van der Waals surface area contributed by atoms with Crippen molar-refractivity contribution in [1.82, 2.24) is 24.7 Å². The number of nitrogens with zero attached hydrogens (tertiary/aromatic N) is 5. The van der Waals surface area contributed by atoms with Gasteiger partial charge in [-0.05, 0) is 12.5 Å². The molecule has 0 spiro atoms. The van der Waals surface area contributed by atoms with Crippen LogP contribution in [0.3, 0.4) is 0 Å². The molecule has 0 atom stereocenters. The van der Waals surface area contributed by atoms with Crippen molar-refractivity contribution in [2.75, 3.05) is 0 Å². The lowest BCUT2D eigenvalue weighted by Gasteiger charge is -2.05. The zero-order valence-electron chi connectivity index (χ0n) is 12.2. The highest BCUT2D eigenvalue weighted by atomic mass is 16.5. The van der Waals surface area contributed by atoms with E-state index in [2.05, 4.69) is 27.0 Å². The largest absolute Gasteiger partial charge is 0.359 e. The van der Waals surface area contributed by atoms with Crippen LogP contribution < -0.4 is 0 Å². The number of aromatic nitrogens is 5. The Labute approximate surface area is 122 Å². The van der Waals surface area contributed by atoms with Crippen molar-refractivity contribution in [3.8, 4) is 11.5 Å². The molecule has 3 heterocycles. The number of imidazole rings is 1. The summed E-state index contributed by atoms with van der Waals surface area (Å²) in [6.07, 6.45) is 7.11. The summed E-state index contributed by atoms with van der Waals surface area (Å²) in [5.41, 5.74) is 1.78. The van der Waals surface area contributed by atoms with Crippen molar-refractivity contribution in [3.05, 3.63) is 48.0 Å². The Balaban J connectivity index is 1.89. The molecule has 0 aliphatic heterocycles. The van der Waals surface area contributed by atoms with E-state index in [0.29, 0.717) is 6.54 Å². The topological polar surface area (TPSA) is 69.6 Å². The Morgan fingerprint density at radius 1 is 1.14 bits per heavy atom. The van der Waals surface area contributed by atoms with Gasteiger partial charge in [0.15, 0.2) is 11.6 Å². The second-order valence-electron chi connectivity index (χ2n) is 4.73. The predicted molar refractivity (Wildman–Crippen MR) is 77.6 cm³/mol. The molecule has 0 radical (unpaired) electrons. The van der Waals surface area contributed by atoms with Gasteiger partial charge >= 0.3 is 0 Å². The van der Waals surface area contributed by atoms with Crippen molar-refractivity contribution in [2.24, 2.45) is 0 Å². The van der Waals surface area contributed by atoms with Gasteiger partial charge in [0, 0.05) is 31.1 Å². The Morgan fingerprint density at radius 2 is 2.05 bits per heavy atom. The van der Waals surface area contributed by atoms with Gasteiger partial charge in [0.25, 0.3) is 0 Å². The summed E-state index contributed by atoms with van der Waals surface area (Å²) >= 11 is 0. The molecule has 3 aromatic rings. The fraction of sp³-hybridized carbons (Fsp3) is 0.333. The molecule has 0 amide bonds. The van der Waals surface area contributed by atoms with E-state index < -0.39 is 0 Å². The van der Waals surface area contributed by atoms with Crippen LogP contribution in [0.4, 0.5) is 0 Å². The summed E-state index contributed by atoms with van der Waals surface area (Å²) in [6.45, 7) is 4.68. The van der Waals surface area contributed by atoms with Gasteiger partial charge in [-0.1, -0.05) is 19.0 Å². The minimum absolute atomic E-state index is 0.591. The highest BCUT2D eigenvalue weighted by Gasteiger charge is 2.11. The van der Waals surface area contributed by atoms with Gasteiger partial charge in [-0.25, -0.2) is 15.0 Å². The lowest BCUT2D eigenvalue weighted by atomic mass is 10.3. The molecule has 0 fully saturated rings. The highest BCUT2D eigenvalue weighted by molar-refractivity contribution is 5.49. The molecule has 3 rings (SSSR count). The Hall–Kier alpha value is -2.50. The molecule has 0 N–H and O–H groups in total. The van der Waals surface area contributed by atoms with Crippen molar-refractivity contribution < 1.29 is 4.52 Å². The van der Waals surface area contributed by atoms with E-state index >= 15 is 0 Å². The first-order chi connectivity index (χ1) is 10.3. The van der Waals surface area contributed by atoms with Crippen LogP contribution in [0.1, 0.15) is 31.1 Å². The first-order valence-corrected chi connectivity index (χ1v) is 7.08. The third kappa shape index (κ3) is 2.84. The lowest BCUT2D eigenvalue weighted by Crippen LogP contribution is -2.03. The fourth-order valence-corrected chi connectivity index (χ4v) is 2.13. The van der Waals surface area contributed by atoms with Gasteiger partial charge in [0.05, 0.1) is 12.2 Å². The van der Waals surface area contributed by atoms with Crippen LogP contribution in [-0.2, 0) is 19.4 Å². The minimum atomic E-state index is 0.591. The first-order valence-electron chi connectivity index (χ1n) is 7.08. The molecule has 0 aliphatic carbocycles. The van der Waals surface area contributed by atoms with E-state index in [0.717, 1.165) is 41.6 Å². The molecule has 0 unspecified atom stereocenters. The van der Waals surface area contributed by atoms with Gasteiger partial charge < -0.3 is 9.09 Å².